The SMILES string of the molecule is CCC1CCCCN1C(=O)c1ccc(NS(=O)(=O)c2cccs2)cc1. The molecule has 3 rings (SSSR count). The third kappa shape index (κ3) is 4.04. The minimum absolute atomic E-state index is 0.0270. The van der Waals surface area contributed by atoms with Gasteiger partial charge in [-0.25, -0.2) is 8.42 Å². The highest BCUT2D eigenvalue weighted by Gasteiger charge is 2.26. The van der Waals surface area contributed by atoms with Gasteiger partial charge in [-0.05, 0) is 61.4 Å². The van der Waals surface area contributed by atoms with Gasteiger partial charge >= 0.3 is 0 Å². The van der Waals surface area contributed by atoms with Crippen molar-refractivity contribution in [2.24, 2.45) is 0 Å². The van der Waals surface area contributed by atoms with E-state index in [0.717, 1.165) is 25.8 Å². The molecule has 0 aliphatic carbocycles. The number of hydrogen-bond donors (Lipinski definition) is 1. The van der Waals surface area contributed by atoms with Crippen LogP contribution in [-0.4, -0.2) is 31.8 Å². The maximum absolute atomic E-state index is 12.7. The molecule has 1 aliphatic rings. The Morgan fingerprint density at radius 1 is 1.24 bits per heavy atom. The van der Waals surface area contributed by atoms with Crippen LogP contribution in [0.15, 0.2) is 46.0 Å². The van der Waals surface area contributed by atoms with Crippen LogP contribution in [0.5, 0.6) is 0 Å². The first kappa shape index (κ1) is 17.9. The predicted molar refractivity (Wildman–Crippen MR) is 101 cm³/mol. The van der Waals surface area contributed by atoms with Crippen LogP contribution in [0, 0.1) is 0 Å². The standard InChI is InChI=1S/C18H22N2O3S2/c1-2-16-6-3-4-12-20(16)18(21)14-8-10-15(11-9-14)19-25(22,23)17-7-5-13-24-17/h5,7-11,13,16,19H,2-4,6,12H2,1H3. The van der Waals surface area contributed by atoms with Gasteiger partial charge in [0, 0.05) is 23.8 Å². The summed E-state index contributed by atoms with van der Waals surface area (Å²) in [6.07, 6.45) is 4.23. The Bertz CT molecular complexity index is 815. The van der Waals surface area contributed by atoms with Gasteiger partial charge in [-0.2, -0.15) is 0 Å². The second-order valence-electron chi connectivity index (χ2n) is 6.17. The summed E-state index contributed by atoms with van der Waals surface area (Å²) in [5.41, 5.74) is 1.05. The van der Waals surface area contributed by atoms with Gasteiger partial charge in [0.05, 0.1) is 0 Å². The summed E-state index contributed by atoms with van der Waals surface area (Å²) in [5, 5.41) is 1.72. The largest absolute Gasteiger partial charge is 0.336 e. The maximum Gasteiger partial charge on any atom is 0.271 e. The van der Waals surface area contributed by atoms with E-state index < -0.39 is 10.0 Å². The molecule has 1 amide bonds. The van der Waals surface area contributed by atoms with Crippen molar-refractivity contribution in [1.82, 2.24) is 4.90 Å². The zero-order valence-electron chi connectivity index (χ0n) is 14.1. The van der Waals surface area contributed by atoms with Crippen molar-refractivity contribution in [2.75, 3.05) is 11.3 Å². The molecule has 2 aromatic rings. The van der Waals surface area contributed by atoms with Gasteiger partial charge in [-0.15, -0.1) is 11.3 Å². The van der Waals surface area contributed by atoms with E-state index in [9.17, 15) is 13.2 Å². The molecule has 1 unspecified atom stereocenters. The third-order valence-corrected chi connectivity index (χ3v) is 7.28. The first-order chi connectivity index (χ1) is 12.0. The molecule has 1 aromatic carbocycles. The predicted octanol–water partition coefficient (Wildman–Crippen LogP) is 3.95. The first-order valence-electron chi connectivity index (χ1n) is 8.48. The topological polar surface area (TPSA) is 66.5 Å². The maximum atomic E-state index is 12.7. The molecule has 0 bridgehead atoms. The van der Waals surface area contributed by atoms with Crippen molar-refractivity contribution in [3.63, 3.8) is 0 Å². The lowest BCUT2D eigenvalue weighted by Gasteiger charge is -2.35. The lowest BCUT2D eigenvalue weighted by Crippen LogP contribution is -2.43. The zero-order valence-corrected chi connectivity index (χ0v) is 15.8. The van der Waals surface area contributed by atoms with E-state index in [1.165, 1.54) is 17.8 Å². The highest BCUT2D eigenvalue weighted by atomic mass is 32.2. The molecule has 1 aromatic heterocycles. The average Bonchev–Trinajstić information content (AvgIpc) is 3.17. The van der Waals surface area contributed by atoms with E-state index in [1.807, 2.05) is 4.90 Å². The number of hydrogen-bond acceptors (Lipinski definition) is 4. The van der Waals surface area contributed by atoms with E-state index in [2.05, 4.69) is 11.6 Å². The summed E-state index contributed by atoms with van der Waals surface area (Å²) in [6.45, 7) is 2.91. The molecule has 7 heteroatoms. The van der Waals surface area contributed by atoms with Crippen molar-refractivity contribution < 1.29 is 13.2 Å². The number of nitrogens with zero attached hydrogens (tertiary/aromatic N) is 1. The van der Waals surface area contributed by atoms with Gasteiger partial charge in [0.25, 0.3) is 15.9 Å². The van der Waals surface area contributed by atoms with Crippen LogP contribution in [-0.2, 0) is 10.0 Å². The molecule has 0 spiro atoms. The average molecular weight is 379 g/mol. The van der Waals surface area contributed by atoms with E-state index in [4.69, 9.17) is 0 Å². The second-order valence-corrected chi connectivity index (χ2v) is 9.03. The van der Waals surface area contributed by atoms with Gasteiger partial charge in [0.2, 0.25) is 0 Å². The monoisotopic (exact) mass is 378 g/mol. The quantitative estimate of drug-likeness (QED) is 0.856. The van der Waals surface area contributed by atoms with Gasteiger partial charge in [0.15, 0.2) is 0 Å². The van der Waals surface area contributed by atoms with E-state index in [0.29, 0.717) is 17.3 Å². The molecule has 0 radical (unpaired) electrons. The second kappa shape index (κ2) is 7.58. The number of nitrogens with one attached hydrogen (secondary N) is 1. The van der Waals surface area contributed by atoms with Crippen LogP contribution in [0.2, 0.25) is 0 Å². The third-order valence-electron chi connectivity index (χ3n) is 4.50. The minimum Gasteiger partial charge on any atom is -0.336 e. The number of carbonyl (C=O) groups excluding carboxylic acids is 1. The van der Waals surface area contributed by atoms with Crippen LogP contribution < -0.4 is 4.72 Å². The smallest absolute Gasteiger partial charge is 0.271 e. The summed E-state index contributed by atoms with van der Waals surface area (Å²) >= 11 is 1.17. The van der Waals surface area contributed by atoms with Gasteiger partial charge in [-0.1, -0.05) is 13.0 Å². The summed E-state index contributed by atoms with van der Waals surface area (Å²) < 4.78 is 27.3. The Hall–Kier alpha value is -1.86. The van der Waals surface area contributed by atoms with Crippen molar-refractivity contribution in [3.8, 4) is 0 Å². The lowest BCUT2D eigenvalue weighted by atomic mass is 9.99. The molecule has 5 nitrogen and oxygen atoms in total. The molecule has 0 saturated carbocycles. The molecule has 25 heavy (non-hydrogen) atoms. The van der Waals surface area contributed by atoms with Crippen molar-refractivity contribution in [2.45, 2.75) is 42.9 Å². The fourth-order valence-corrected chi connectivity index (χ4v) is 5.21. The van der Waals surface area contributed by atoms with Crippen LogP contribution in [0.3, 0.4) is 0 Å². The Morgan fingerprint density at radius 2 is 2.00 bits per heavy atom. The molecule has 1 fully saturated rings. The molecular formula is C18H22N2O3S2. The first-order valence-corrected chi connectivity index (χ1v) is 10.8. The van der Waals surface area contributed by atoms with E-state index >= 15 is 0 Å². The summed E-state index contributed by atoms with van der Waals surface area (Å²) in [5.74, 6) is 0.0270. The van der Waals surface area contributed by atoms with Crippen molar-refractivity contribution >= 4 is 33.0 Å². The fourth-order valence-electron chi connectivity index (χ4n) is 3.16. The number of thiophene rings is 1. The minimum atomic E-state index is -3.56. The number of rotatable bonds is 5. The number of sulfonamides is 1. The Labute approximate surface area is 152 Å². The van der Waals surface area contributed by atoms with Gasteiger partial charge in [-0.3, -0.25) is 9.52 Å². The summed E-state index contributed by atoms with van der Waals surface area (Å²) in [4.78, 5) is 14.7. The number of likely N-dealkylation sites (tertiary alicyclic amines) is 1. The number of carbonyl (C=O) groups is 1. The van der Waals surface area contributed by atoms with Crippen LogP contribution in [0.25, 0.3) is 0 Å². The Kier molecular flexibility index (Phi) is 5.44. The highest BCUT2D eigenvalue weighted by Crippen LogP contribution is 2.24. The van der Waals surface area contributed by atoms with E-state index in [1.54, 1.807) is 41.8 Å². The van der Waals surface area contributed by atoms with Crippen LogP contribution >= 0.6 is 11.3 Å². The highest BCUT2D eigenvalue weighted by molar-refractivity contribution is 7.94. The fraction of sp³-hybridized carbons (Fsp3) is 0.389. The van der Waals surface area contributed by atoms with E-state index in [-0.39, 0.29) is 10.1 Å². The lowest BCUT2D eigenvalue weighted by molar-refractivity contribution is 0.0608. The van der Waals surface area contributed by atoms with Crippen LogP contribution in [0.4, 0.5) is 5.69 Å². The van der Waals surface area contributed by atoms with Crippen molar-refractivity contribution in [1.29, 1.82) is 0 Å². The van der Waals surface area contributed by atoms with Gasteiger partial charge in [0.1, 0.15) is 4.21 Å². The van der Waals surface area contributed by atoms with Crippen LogP contribution in [0.1, 0.15) is 43.0 Å². The Morgan fingerprint density at radius 3 is 2.64 bits per heavy atom. The molecule has 1 aliphatic heterocycles. The zero-order chi connectivity index (χ0) is 17.9. The number of anilines is 1. The number of amides is 1. The summed E-state index contributed by atoms with van der Waals surface area (Å²) in [6, 6.07) is 10.2. The molecule has 1 N–H and O–H groups in total. The normalized spacial score (nSPS) is 18.1. The molecule has 134 valence electrons. The molecule has 1 atom stereocenters. The molecular weight excluding hydrogens is 356 g/mol. The van der Waals surface area contributed by atoms with Crippen molar-refractivity contribution in [3.05, 3.63) is 47.3 Å². The number of benzene rings is 1. The van der Waals surface area contributed by atoms with Gasteiger partial charge < -0.3 is 4.90 Å². The number of piperidine rings is 1. The Balaban J connectivity index is 1.73. The molecule has 2 heterocycles. The summed E-state index contributed by atoms with van der Waals surface area (Å²) in [7, 11) is -3.56. The molecule has 1 saturated heterocycles.